The molecule has 0 amide bonds. The van der Waals surface area contributed by atoms with Gasteiger partial charge in [-0.1, -0.05) is 12.1 Å². The first-order valence-corrected chi connectivity index (χ1v) is 8.17. The standard InChI is InChI=1S/C19H18N2O5/c1-20-15-6-3-13(11-16(15)21(23)24)4-7-17(22)14-5-8-18-19(12-14)26-10-2-9-25-18/h3-8,11-12,20H,2,9-10H2,1H3/b7-4+. The Labute approximate surface area is 150 Å². The normalized spacial score (nSPS) is 13.3. The van der Waals surface area contributed by atoms with Crippen molar-refractivity contribution in [2.45, 2.75) is 6.42 Å². The lowest BCUT2D eigenvalue weighted by molar-refractivity contribution is -0.383. The molecule has 1 aliphatic heterocycles. The van der Waals surface area contributed by atoms with Crippen molar-refractivity contribution in [1.29, 1.82) is 0 Å². The number of rotatable bonds is 5. The number of carbonyl (C=O) groups excluding carboxylic acids is 1. The zero-order chi connectivity index (χ0) is 18.5. The van der Waals surface area contributed by atoms with Gasteiger partial charge in [-0.2, -0.15) is 0 Å². The first kappa shape index (κ1) is 17.5. The summed E-state index contributed by atoms with van der Waals surface area (Å²) in [5.74, 6) is 0.957. The average molecular weight is 354 g/mol. The van der Waals surface area contributed by atoms with Gasteiger partial charge in [0.1, 0.15) is 5.69 Å². The van der Waals surface area contributed by atoms with Crippen molar-refractivity contribution < 1.29 is 19.2 Å². The molecule has 0 bridgehead atoms. The molecule has 0 unspecified atom stereocenters. The summed E-state index contributed by atoms with van der Waals surface area (Å²) in [5.41, 5.74) is 1.41. The fraction of sp³-hybridized carbons (Fsp3) is 0.211. The van der Waals surface area contributed by atoms with Crippen molar-refractivity contribution in [3.63, 3.8) is 0 Å². The predicted octanol–water partition coefficient (Wildman–Crippen LogP) is 3.69. The maximum Gasteiger partial charge on any atom is 0.292 e. The molecule has 1 N–H and O–H groups in total. The summed E-state index contributed by atoms with van der Waals surface area (Å²) in [7, 11) is 1.62. The number of fused-ring (bicyclic) bond motifs is 1. The van der Waals surface area contributed by atoms with Crippen LogP contribution in [-0.2, 0) is 0 Å². The second-order valence-corrected chi connectivity index (χ2v) is 5.69. The van der Waals surface area contributed by atoms with Crippen LogP contribution in [0.1, 0.15) is 22.3 Å². The second kappa shape index (κ2) is 7.69. The molecule has 134 valence electrons. The van der Waals surface area contributed by atoms with Crippen LogP contribution in [0.4, 0.5) is 11.4 Å². The number of nitrogens with zero attached hydrogens (tertiary/aromatic N) is 1. The monoisotopic (exact) mass is 354 g/mol. The SMILES string of the molecule is CNc1ccc(/C=C/C(=O)c2ccc3c(c2)OCCCO3)cc1[N+](=O)[O-]. The number of hydrogen-bond acceptors (Lipinski definition) is 6. The van der Waals surface area contributed by atoms with Crippen molar-refractivity contribution in [2.75, 3.05) is 25.6 Å². The predicted molar refractivity (Wildman–Crippen MR) is 98.1 cm³/mol. The van der Waals surface area contributed by atoms with E-state index in [1.807, 2.05) is 0 Å². The van der Waals surface area contributed by atoms with Crippen LogP contribution in [0.25, 0.3) is 6.08 Å². The Kier molecular flexibility index (Phi) is 5.17. The van der Waals surface area contributed by atoms with Gasteiger partial charge in [0.25, 0.3) is 5.69 Å². The summed E-state index contributed by atoms with van der Waals surface area (Å²) in [4.78, 5) is 23.0. The molecule has 3 rings (SSSR count). The number of ether oxygens (including phenoxy) is 2. The highest BCUT2D eigenvalue weighted by Crippen LogP contribution is 2.31. The Balaban J connectivity index is 1.80. The molecule has 0 aliphatic carbocycles. The molecular weight excluding hydrogens is 336 g/mol. The zero-order valence-corrected chi connectivity index (χ0v) is 14.2. The average Bonchev–Trinajstić information content (AvgIpc) is 2.90. The van der Waals surface area contributed by atoms with Crippen molar-refractivity contribution in [3.8, 4) is 11.5 Å². The van der Waals surface area contributed by atoms with Crippen molar-refractivity contribution in [2.24, 2.45) is 0 Å². The molecule has 0 radical (unpaired) electrons. The number of allylic oxidation sites excluding steroid dienone is 1. The molecule has 7 heteroatoms. The van der Waals surface area contributed by atoms with E-state index in [-0.39, 0.29) is 11.5 Å². The Morgan fingerprint density at radius 3 is 2.65 bits per heavy atom. The molecule has 0 saturated carbocycles. The molecule has 0 saturated heterocycles. The van der Waals surface area contributed by atoms with E-state index in [0.29, 0.717) is 41.5 Å². The highest BCUT2D eigenvalue weighted by atomic mass is 16.6. The maximum atomic E-state index is 12.4. The summed E-state index contributed by atoms with van der Waals surface area (Å²) in [6.45, 7) is 1.13. The van der Waals surface area contributed by atoms with Crippen LogP contribution < -0.4 is 14.8 Å². The molecule has 0 fully saturated rings. The summed E-state index contributed by atoms with van der Waals surface area (Å²) in [6, 6.07) is 9.77. The fourth-order valence-electron chi connectivity index (χ4n) is 2.60. The smallest absolute Gasteiger partial charge is 0.292 e. The van der Waals surface area contributed by atoms with Crippen molar-refractivity contribution in [1.82, 2.24) is 0 Å². The lowest BCUT2D eigenvalue weighted by Crippen LogP contribution is -1.98. The molecule has 2 aromatic rings. The van der Waals surface area contributed by atoms with Crippen LogP contribution in [0.15, 0.2) is 42.5 Å². The van der Waals surface area contributed by atoms with Gasteiger partial charge in [-0.05, 0) is 35.9 Å². The van der Waals surface area contributed by atoms with Gasteiger partial charge in [0.15, 0.2) is 17.3 Å². The van der Waals surface area contributed by atoms with Gasteiger partial charge in [0.05, 0.1) is 18.1 Å². The van der Waals surface area contributed by atoms with E-state index in [2.05, 4.69) is 5.32 Å². The summed E-state index contributed by atoms with van der Waals surface area (Å²) in [5, 5.41) is 13.9. The van der Waals surface area contributed by atoms with Gasteiger partial charge in [-0.25, -0.2) is 0 Å². The number of nitrogens with one attached hydrogen (secondary N) is 1. The van der Waals surface area contributed by atoms with Gasteiger partial charge in [0, 0.05) is 25.1 Å². The zero-order valence-electron chi connectivity index (χ0n) is 14.2. The van der Waals surface area contributed by atoms with E-state index in [9.17, 15) is 14.9 Å². The van der Waals surface area contributed by atoms with Crippen LogP contribution in [0.5, 0.6) is 11.5 Å². The summed E-state index contributed by atoms with van der Waals surface area (Å²) < 4.78 is 11.1. The van der Waals surface area contributed by atoms with E-state index in [0.717, 1.165) is 6.42 Å². The molecule has 0 aromatic heterocycles. The van der Waals surface area contributed by atoms with Crippen molar-refractivity contribution in [3.05, 3.63) is 63.7 Å². The molecule has 1 heterocycles. The number of carbonyl (C=O) groups is 1. The summed E-state index contributed by atoms with van der Waals surface area (Å²) >= 11 is 0. The van der Waals surface area contributed by atoms with Crippen LogP contribution in [-0.4, -0.2) is 31.0 Å². The van der Waals surface area contributed by atoms with E-state index < -0.39 is 4.92 Å². The minimum atomic E-state index is -0.463. The van der Waals surface area contributed by atoms with Crippen LogP contribution in [0.2, 0.25) is 0 Å². The number of ketones is 1. The van der Waals surface area contributed by atoms with Crippen LogP contribution in [0.3, 0.4) is 0 Å². The fourth-order valence-corrected chi connectivity index (χ4v) is 2.60. The number of anilines is 1. The molecular formula is C19H18N2O5. The Morgan fingerprint density at radius 1 is 1.15 bits per heavy atom. The lowest BCUT2D eigenvalue weighted by Gasteiger charge is -2.07. The van der Waals surface area contributed by atoms with Gasteiger partial charge < -0.3 is 14.8 Å². The first-order valence-electron chi connectivity index (χ1n) is 8.17. The minimum Gasteiger partial charge on any atom is -0.490 e. The molecule has 1 aliphatic rings. The first-order chi connectivity index (χ1) is 12.6. The van der Waals surface area contributed by atoms with Crippen LogP contribution >= 0.6 is 0 Å². The summed E-state index contributed by atoms with van der Waals surface area (Å²) in [6.07, 6.45) is 3.73. The van der Waals surface area contributed by atoms with E-state index in [1.165, 1.54) is 12.1 Å². The van der Waals surface area contributed by atoms with E-state index in [4.69, 9.17) is 9.47 Å². The largest absolute Gasteiger partial charge is 0.490 e. The third-order valence-electron chi connectivity index (χ3n) is 3.95. The minimum absolute atomic E-state index is 0.0438. The van der Waals surface area contributed by atoms with Crippen LogP contribution in [0, 0.1) is 10.1 Å². The molecule has 26 heavy (non-hydrogen) atoms. The maximum absolute atomic E-state index is 12.4. The van der Waals surface area contributed by atoms with Gasteiger partial charge in [-0.15, -0.1) is 0 Å². The lowest BCUT2D eigenvalue weighted by atomic mass is 10.1. The van der Waals surface area contributed by atoms with Gasteiger partial charge >= 0.3 is 0 Å². The Bertz CT molecular complexity index is 876. The third-order valence-corrected chi connectivity index (χ3v) is 3.95. The highest BCUT2D eigenvalue weighted by molar-refractivity contribution is 6.07. The van der Waals surface area contributed by atoms with E-state index >= 15 is 0 Å². The molecule has 2 aromatic carbocycles. The van der Waals surface area contributed by atoms with Gasteiger partial charge in [-0.3, -0.25) is 14.9 Å². The van der Waals surface area contributed by atoms with Gasteiger partial charge in [0.2, 0.25) is 0 Å². The quantitative estimate of drug-likeness (QED) is 0.381. The molecule has 7 nitrogen and oxygen atoms in total. The Hall–Kier alpha value is -3.35. The molecule has 0 spiro atoms. The topological polar surface area (TPSA) is 90.7 Å². The third kappa shape index (κ3) is 3.83. The van der Waals surface area contributed by atoms with Crippen molar-refractivity contribution >= 4 is 23.2 Å². The van der Waals surface area contributed by atoms with E-state index in [1.54, 1.807) is 43.5 Å². The number of benzene rings is 2. The molecule has 0 atom stereocenters. The second-order valence-electron chi connectivity index (χ2n) is 5.69. The number of nitro benzene ring substituents is 1. The Morgan fingerprint density at radius 2 is 1.92 bits per heavy atom. The number of nitro groups is 1. The highest BCUT2D eigenvalue weighted by Gasteiger charge is 2.14. The number of hydrogen-bond donors (Lipinski definition) is 1.